The lowest BCUT2D eigenvalue weighted by Gasteiger charge is -2.04. The summed E-state index contributed by atoms with van der Waals surface area (Å²) >= 11 is 1.45. The van der Waals surface area contributed by atoms with Crippen LogP contribution in [-0.2, 0) is 0 Å². The van der Waals surface area contributed by atoms with Gasteiger partial charge < -0.3 is 4.52 Å². The van der Waals surface area contributed by atoms with Crippen LogP contribution in [0.3, 0.4) is 0 Å². The summed E-state index contributed by atoms with van der Waals surface area (Å²) in [7, 11) is 0. The number of benzene rings is 1. The van der Waals surface area contributed by atoms with Crippen molar-refractivity contribution in [3.05, 3.63) is 57.7 Å². The second-order valence-corrected chi connectivity index (χ2v) is 7.71. The van der Waals surface area contributed by atoms with Crippen molar-refractivity contribution in [3.8, 4) is 11.3 Å². The quantitative estimate of drug-likeness (QED) is 0.552. The van der Waals surface area contributed by atoms with Crippen LogP contribution < -0.4 is 5.32 Å². The number of hydrogen-bond donors (Lipinski definition) is 1. The Morgan fingerprint density at radius 1 is 1.07 bits per heavy atom. The molecule has 1 amide bonds. The van der Waals surface area contributed by atoms with Crippen molar-refractivity contribution in [1.82, 2.24) is 15.1 Å². The third kappa shape index (κ3) is 3.21. The number of aromatic nitrogens is 3. The molecule has 0 saturated heterocycles. The number of carbonyl (C=O) groups is 1. The minimum Gasteiger partial charge on any atom is -0.336 e. The summed E-state index contributed by atoms with van der Waals surface area (Å²) in [4.78, 5) is 22.8. The van der Waals surface area contributed by atoms with E-state index in [2.05, 4.69) is 32.6 Å². The Hall–Kier alpha value is -3.06. The van der Waals surface area contributed by atoms with E-state index in [-0.39, 0.29) is 5.91 Å². The molecule has 6 nitrogen and oxygen atoms in total. The Morgan fingerprint density at radius 3 is 2.56 bits per heavy atom. The Kier molecular flexibility index (Phi) is 4.24. The number of fused-ring (bicyclic) bond motifs is 1. The first-order chi connectivity index (χ1) is 12.9. The van der Waals surface area contributed by atoms with Crippen LogP contribution in [0.4, 0.5) is 5.13 Å². The van der Waals surface area contributed by atoms with Crippen molar-refractivity contribution in [2.75, 3.05) is 5.32 Å². The fourth-order valence-corrected chi connectivity index (χ4v) is 3.82. The van der Waals surface area contributed by atoms with E-state index in [0.717, 1.165) is 16.1 Å². The zero-order chi connectivity index (χ0) is 19.1. The Balaban J connectivity index is 1.67. The van der Waals surface area contributed by atoms with Crippen molar-refractivity contribution in [2.24, 2.45) is 0 Å². The first-order valence-electron chi connectivity index (χ1n) is 8.52. The van der Waals surface area contributed by atoms with Crippen molar-refractivity contribution in [1.29, 1.82) is 0 Å². The molecule has 0 aliphatic carbocycles. The summed E-state index contributed by atoms with van der Waals surface area (Å²) in [5, 5.41) is 8.02. The van der Waals surface area contributed by atoms with E-state index in [1.807, 2.05) is 32.9 Å². The average Bonchev–Trinajstić information content (AvgIpc) is 3.17. The summed E-state index contributed by atoms with van der Waals surface area (Å²) in [6.45, 7) is 7.66. The molecule has 0 fully saturated rings. The molecule has 0 spiro atoms. The second-order valence-electron chi connectivity index (χ2n) is 6.50. The van der Waals surface area contributed by atoms with Gasteiger partial charge in [0.15, 0.2) is 5.13 Å². The third-order valence-electron chi connectivity index (χ3n) is 4.33. The molecule has 3 aromatic heterocycles. The van der Waals surface area contributed by atoms with E-state index in [1.165, 1.54) is 16.9 Å². The Morgan fingerprint density at radius 2 is 1.81 bits per heavy atom. The third-order valence-corrected chi connectivity index (χ3v) is 5.22. The molecule has 0 saturated carbocycles. The predicted octanol–water partition coefficient (Wildman–Crippen LogP) is 4.83. The van der Waals surface area contributed by atoms with Crippen molar-refractivity contribution in [2.45, 2.75) is 27.7 Å². The molecule has 0 atom stereocenters. The average molecular weight is 378 g/mol. The maximum absolute atomic E-state index is 12.9. The van der Waals surface area contributed by atoms with Crippen LogP contribution in [-0.4, -0.2) is 21.0 Å². The van der Waals surface area contributed by atoms with Crippen LogP contribution in [0, 0.1) is 27.7 Å². The Bertz CT molecular complexity index is 1160. The lowest BCUT2D eigenvalue weighted by molar-refractivity contribution is 0.102. The van der Waals surface area contributed by atoms with Crippen LogP contribution in [0.2, 0.25) is 0 Å². The second kappa shape index (κ2) is 6.59. The lowest BCUT2D eigenvalue weighted by Crippen LogP contribution is -2.13. The number of pyridine rings is 1. The van der Waals surface area contributed by atoms with Gasteiger partial charge in [-0.1, -0.05) is 35.0 Å². The van der Waals surface area contributed by atoms with Crippen LogP contribution in [0.1, 0.15) is 32.2 Å². The van der Waals surface area contributed by atoms with Gasteiger partial charge in [0.1, 0.15) is 0 Å². The largest absolute Gasteiger partial charge is 0.336 e. The molecular formula is C20H18N4O2S. The highest BCUT2D eigenvalue weighted by Crippen LogP contribution is 2.31. The molecule has 1 N–H and O–H groups in total. The van der Waals surface area contributed by atoms with Gasteiger partial charge in [-0.25, -0.2) is 9.97 Å². The van der Waals surface area contributed by atoms with E-state index in [4.69, 9.17) is 4.52 Å². The van der Waals surface area contributed by atoms with Crippen molar-refractivity contribution < 1.29 is 9.32 Å². The summed E-state index contributed by atoms with van der Waals surface area (Å²) in [6.07, 6.45) is 0. The molecule has 136 valence electrons. The molecule has 0 aliphatic rings. The molecule has 27 heavy (non-hydrogen) atoms. The van der Waals surface area contributed by atoms with Crippen molar-refractivity contribution >= 4 is 33.5 Å². The molecule has 4 aromatic rings. The van der Waals surface area contributed by atoms with Crippen LogP contribution in [0.5, 0.6) is 0 Å². The fourth-order valence-electron chi connectivity index (χ4n) is 2.99. The van der Waals surface area contributed by atoms with E-state index >= 15 is 0 Å². The van der Waals surface area contributed by atoms with Crippen LogP contribution >= 0.6 is 11.3 Å². The van der Waals surface area contributed by atoms with E-state index in [1.54, 1.807) is 13.0 Å². The van der Waals surface area contributed by atoms with Gasteiger partial charge in [0.25, 0.3) is 11.6 Å². The summed E-state index contributed by atoms with van der Waals surface area (Å²) in [6, 6.07) is 9.93. The van der Waals surface area contributed by atoms with Crippen LogP contribution in [0.25, 0.3) is 22.4 Å². The van der Waals surface area contributed by atoms with Gasteiger partial charge in [-0.3, -0.25) is 10.1 Å². The standard InChI is InChI=1S/C20H18N4O2S/c1-10-5-7-14(8-6-10)17-13(4)27-20(22-17)23-18(25)15-9-11(2)21-19-16(15)12(3)24-26-19/h5-9H,1-4H3,(H,22,23,25). The highest BCUT2D eigenvalue weighted by molar-refractivity contribution is 7.16. The minimum atomic E-state index is -0.249. The number of carbonyl (C=O) groups excluding carboxylic acids is 1. The predicted molar refractivity (Wildman–Crippen MR) is 106 cm³/mol. The highest BCUT2D eigenvalue weighted by Gasteiger charge is 2.19. The fraction of sp³-hybridized carbons (Fsp3) is 0.200. The van der Waals surface area contributed by atoms with Gasteiger partial charge in [0.05, 0.1) is 22.3 Å². The maximum atomic E-state index is 12.9. The Labute approximate surface area is 160 Å². The van der Waals surface area contributed by atoms with Gasteiger partial charge in [-0.05, 0) is 33.8 Å². The maximum Gasteiger partial charge on any atom is 0.258 e. The number of hydrogen-bond acceptors (Lipinski definition) is 6. The van der Waals surface area contributed by atoms with E-state index < -0.39 is 0 Å². The molecule has 0 bridgehead atoms. The molecule has 0 aliphatic heterocycles. The summed E-state index contributed by atoms with van der Waals surface area (Å²) in [5.74, 6) is -0.249. The molecule has 1 aromatic carbocycles. The van der Waals surface area contributed by atoms with Gasteiger partial charge in [0.2, 0.25) is 0 Å². The number of amides is 1. The molecule has 7 heteroatoms. The number of anilines is 1. The molecular weight excluding hydrogens is 360 g/mol. The first-order valence-corrected chi connectivity index (χ1v) is 9.33. The van der Waals surface area contributed by atoms with Gasteiger partial charge >= 0.3 is 0 Å². The normalized spacial score (nSPS) is 11.1. The van der Waals surface area contributed by atoms with Crippen LogP contribution in [0.15, 0.2) is 34.9 Å². The van der Waals surface area contributed by atoms with Gasteiger partial charge in [0, 0.05) is 16.1 Å². The number of nitrogens with one attached hydrogen (secondary N) is 1. The monoisotopic (exact) mass is 378 g/mol. The molecule has 0 radical (unpaired) electrons. The minimum absolute atomic E-state index is 0.249. The van der Waals surface area contributed by atoms with Gasteiger partial charge in [-0.15, -0.1) is 11.3 Å². The zero-order valence-electron chi connectivity index (χ0n) is 15.5. The number of nitrogens with zero attached hydrogens (tertiary/aromatic N) is 3. The first kappa shape index (κ1) is 17.4. The summed E-state index contributed by atoms with van der Waals surface area (Å²) in [5.41, 5.74) is 5.30. The number of thiazole rings is 1. The SMILES string of the molecule is Cc1ccc(-c2nc(NC(=O)c3cc(C)nc4onc(C)c34)sc2C)cc1. The smallest absolute Gasteiger partial charge is 0.258 e. The highest BCUT2D eigenvalue weighted by atomic mass is 32.1. The van der Waals surface area contributed by atoms with Crippen molar-refractivity contribution in [3.63, 3.8) is 0 Å². The number of aryl methyl sites for hydroxylation is 4. The molecule has 0 unspecified atom stereocenters. The molecule has 3 heterocycles. The van der Waals surface area contributed by atoms with E-state index in [0.29, 0.717) is 33.2 Å². The topological polar surface area (TPSA) is 80.9 Å². The lowest BCUT2D eigenvalue weighted by atomic mass is 10.1. The number of rotatable bonds is 3. The zero-order valence-corrected chi connectivity index (χ0v) is 16.3. The van der Waals surface area contributed by atoms with Gasteiger partial charge in [-0.2, -0.15) is 0 Å². The summed E-state index contributed by atoms with van der Waals surface area (Å²) < 4.78 is 5.21. The molecule has 4 rings (SSSR count). The van der Waals surface area contributed by atoms with E-state index in [9.17, 15) is 4.79 Å².